The first kappa shape index (κ1) is 13.0. The minimum Gasteiger partial charge on any atom is -0.348 e. The second-order valence-electron chi connectivity index (χ2n) is 5.19. The summed E-state index contributed by atoms with van der Waals surface area (Å²) in [5.41, 5.74) is 6.59. The molecule has 0 saturated heterocycles. The molecule has 18 heavy (non-hydrogen) atoms. The minimum absolute atomic E-state index is 0.0217. The number of aromatic nitrogens is 1. The lowest BCUT2D eigenvalue weighted by molar-refractivity contribution is -0.128. The van der Waals surface area contributed by atoms with Crippen LogP contribution in [0.1, 0.15) is 50.6 Å². The highest BCUT2D eigenvalue weighted by Crippen LogP contribution is 2.26. The van der Waals surface area contributed by atoms with Gasteiger partial charge in [0.2, 0.25) is 5.91 Å². The molecule has 0 aromatic carbocycles. The lowest BCUT2D eigenvalue weighted by Gasteiger charge is -2.33. The Hall–Kier alpha value is -1.42. The second kappa shape index (κ2) is 5.48. The fourth-order valence-electron chi connectivity index (χ4n) is 2.49. The van der Waals surface area contributed by atoms with Crippen LogP contribution in [-0.4, -0.2) is 16.4 Å². The average Bonchev–Trinajstić information content (AvgIpc) is 2.40. The molecule has 1 fully saturated rings. The Morgan fingerprint density at radius 2 is 1.94 bits per heavy atom. The number of rotatable bonds is 3. The van der Waals surface area contributed by atoms with E-state index in [9.17, 15) is 4.79 Å². The molecule has 0 bridgehead atoms. The van der Waals surface area contributed by atoms with Crippen LogP contribution in [0.25, 0.3) is 0 Å². The van der Waals surface area contributed by atoms with Gasteiger partial charge in [-0.15, -0.1) is 0 Å². The molecule has 1 amide bonds. The van der Waals surface area contributed by atoms with Crippen LogP contribution in [0.4, 0.5) is 0 Å². The summed E-state index contributed by atoms with van der Waals surface area (Å²) in [6.45, 7) is 1.97. The third kappa shape index (κ3) is 2.88. The van der Waals surface area contributed by atoms with Gasteiger partial charge in [0.1, 0.15) is 0 Å². The Labute approximate surface area is 108 Å². The maximum Gasteiger partial charge on any atom is 0.240 e. The van der Waals surface area contributed by atoms with Gasteiger partial charge in [-0.25, -0.2) is 0 Å². The van der Waals surface area contributed by atoms with Gasteiger partial charge in [0.05, 0.1) is 11.6 Å². The van der Waals surface area contributed by atoms with Gasteiger partial charge in [0, 0.05) is 12.4 Å². The summed E-state index contributed by atoms with van der Waals surface area (Å²) in [6, 6.07) is 3.80. The predicted octanol–water partition coefficient (Wildman–Crippen LogP) is 1.92. The molecule has 4 heteroatoms. The first-order valence-corrected chi connectivity index (χ1v) is 6.62. The number of amides is 1. The predicted molar refractivity (Wildman–Crippen MR) is 70.8 cm³/mol. The first-order valence-electron chi connectivity index (χ1n) is 6.62. The maximum absolute atomic E-state index is 12.3. The number of pyridine rings is 1. The number of hydrogen-bond donors (Lipinski definition) is 2. The van der Waals surface area contributed by atoms with Crippen LogP contribution in [0, 0.1) is 0 Å². The van der Waals surface area contributed by atoms with Crippen molar-refractivity contribution < 1.29 is 4.79 Å². The molecule has 0 aliphatic heterocycles. The Balaban J connectivity index is 1.98. The average molecular weight is 247 g/mol. The summed E-state index contributed by atoms with van der Waals surface area (Å²) < 4.78 is 0. The standard InChI is InChI=1S/C14H21N3O/c1-11(12-5-9-16-10-6-12)17-13(18)14(15)7-3-2-4-8-14/h5-6,9-11H,2-4,7-8,15H2,1H3,(H,17,18)/t11-/m0/s1. The van der Waals surface area contributed by atoms with E-state index in [-0.39, 0.29) is 11.9 Å². The van der Waals surface area contributed by atoms with Gasteiger partial charge in [-0.2, -0.15) is 0 Å². The third-order valence-corrected chi connectivity index (χ3v) is 3.75. The first-order chi connectivity index (χ1) is 8.62. The number of carbonyl (C=O) groups excluding carboxylic acids is 1. The van der Waals surface area contributed by atoms with Crippen LogP contribution in [0.2, 0.25) is 0 Å². The molecule has 1 aliphatic rings. The van der Waals surface area contributed by atoms with E-state index < -0.39 is 5.54 Å². The summed E-state index contributed by atoms with van der Waals surface area (Å²) >= 11 is 0. The second-order valence-corrected chi connectivity index (χ2v) is 5.19. The van der Waals surface area contributed by atoms with E-state index in [1.165, 1.54) is 6.42 Å². The number of hydrogen-bond acceptors (Lipinski definition) is 3. The zero-order chi connectivity index (χ0) is 13.0. The van der Waals surface area contributed by atoms with Crippen molar-refractivity contribution in [2.75, 3.05) is 0 Å². The van der Waals surface area contributed by atoms with Gasteiger partial charge in [-0.3, -0.25) is 9.78 Å². The molecule has 98 valence electrons. The fourth-order valence-corrected chi connectivity index (χ4v) is 2.49. The number of carbonyl (C=O) groups is 1. The van der Waals surface area contributed by atoms with Crippen LogP contribution in [0.3, 0.4) is 0 Å². The number of nitrogens with zero attached hydrogens (tertiary/aromatic N) is 1. The van der Waals surface area contributed by atoms with E-state index in [1.807, 2.05) is 19.1 Å². The van der Waals surface area contributed by atoms with E-state index in [1.54, 1.807) is 12.4 Å². The lowest BCUT2D eigenvalue weighted by Crippen LogP contribution is -2.55. The van der Waals surface area contributed by atoms with E-state index in [4.69, 9.17) is 5.73 Å². The van der Waals surface area contributed by atoms with Crippen molar-refractivity contribution in [3.63, 3.8) is 0 Å². The van der Waals surface area contributed by atoms with Gasteiger partial charge in [0.15, 0.2) is 0 Å². The quantitative estimate of drug-likeness (QED) is 0.857. The summed E-state index contributed by atoms with van der Waals surface area (Å²) in [5, 5.41) is 3.01. The molecular formula is C14H21N3O. The number of nitrogens with two attached hydrogens (primary N) is 1. The highest BCUT2D eigenvalue weighted by molar-refractivity contribution is 5.86. The van der Waals surface area contributed by atoms with Crippen LogP contribution < -0.4 is 11.1 Å². The van der Waals surface area contributed by atoms with Gasteiger partial charge in [-0.1, -0.05) is 19.3 Å². The third-order valence-electron chi connectivity index (χ3n) is 3.75. The van der Waals surface area contributed by atoms with Gasteiger partial charge >= 0.3 is 0 Å². The van der Waals surface area contributed by atoms with Crippen LogP contribution in [0.5, 0.6) is 0 Å². The van der Waals surface area contributed by atoms with E-state index in [2.05, 4.69) is 10.3 Å². The molecule has 1 aromatic rings. The molecule has 1 aromatic heterocycles. The molecule has 0 radical (unpaired) electrons. The molecule has 2 rings (SSSR count). The van der Waals surface area contributed by atoms with Crippen molar-refractivity contribution in [3.8, 4) is 0 Å². The van der Waals surface area contributed by atoms with Crippen molar-refractivity contribution in [2.24, 2.45) is 5.73 Å². The molecule has 3 N–H and O–H groups in total. The topological polar surface area (TPSA) is 68.0 Å². The highest BCUT2D eigenvalue weighted by atomic mass is 16.2. The summed E-state index contributed by atoms with van der Waals surface area (Å²) in [5.74, 6) is -0.0217. The zero-order valence-electron chi connectivity index (χ0n) is 10.9. The van der Waals surface area contributed by atoms with Crippen LogP contribution >= 0.6 is 0 Å². The Bertz CT molecular complexity index is 399. The molecule has 0 spiro atoms. The molecule has 0 unspecified atom stereocenters. The minimum atomic E-state index is -0.667. The molecule has 1 heterocycles. The summed E-state index contributed by atoms with van der Waals surface area (Å²) in [4.78, 5) is 16.2. The molecule has 4 nitrogen and oxygen atoms in total. The Morgan fingerprint density at radius 1 is 1.33 bits per heavy atom. The van der Waals surface area contributed by atoms with Crippen molar-refractivity contribution in [1.29, 1.82) is 0 Å². The maximum atomic E-state index is 12.3. The van der Waals surface area contributed by atoms with Crippen molar-refractivity contribution in [3.05, 3.63) is 30.1 Å². The largest absolute Gasteiger partial charge is 0.348 e. The van der Waals surface area contributed by atoms with Gasteiger partial charge < -0.3 is 11.1 Å². The van der Waals surface area contributed by atoms with Crippen molar-refractivity contribution >= 4 is 5.91 Å². The van der Waals surface area contributed by atoms with E-state index in [0.717, 1.165) is 31.2 Å². The Kier molecular flexibility index (Phi) is 3.97. The molecule has 1 aliphatic carbocycles. The summed E-state index contributed by atoms with van der Waals surface area (Å²) in [7, 11) is 0. The van der Waals surface area contributed by atoms with Crippen LogP contribution in [-0.2, 0) is 4.79 Å². The van der Waals surface area contributed by atoms with Gasteiger partial charge in [0.25, 0.3) is 0 Å². The molecular weight excluding hydrogens is 226 g/mol. The zero-order valence-corrected chi connectivity index (χ0v) is 10.9. The van der Waals surface area contributed by atoms with E-state index >= 15 is 0 Å². The van der Waals surface area contributed by atoms with Gasteiger partial charge in [-0.05, 0) is 37.5 Å². The SMILES string of the molecule is C[C@H](NC(=O)C1(N)CCCCC1)c1ccncc1. The van der Waals surface area contributed by atoms with E-state index in [0.29, 0.717) is 0 Å². The fraction of sp³-hybridized carbons (Fsp3) is 0.571. The number of nitrogens with one attached hydrogen (secondary N) is 1. The lowest BCUT2D eigenvalue weighted by atomic mass is 9.81. The normalized spacial score (nSPS) is 20.1. The van der Waals surface area contributed by atoms with Crippen LogP contribution in [0.15, 0.2) is 24.5 Å². The Morgan fingerprint density at radius 3 is 2.56 bits per heavy atom. The highest BCUT2D eigenvalue weighted by Gasteiger charge is 2.35. The molecule has 1 saturated carbocycles. The summed E-state index contributed by atoms with van der Waals surface area (Å²) in [6.07, 6.45) is 8.34. The smallest absolute Gasteiger partial charge is 0.240 e. The molecule has 1 atom stereocenters. The monoisotopic (exact) mass is 247 g/mol. The van der Waals surface area contributed by atoms with Crippen molar-refractivity contribution in [2.45, 2.75) is 50.6 Å². The van der Waals surface area contributed by atoms with Crippen molar-refractivity contribution in [1.82, 2.24) is 10.3 Å².